The number of fused-ring (bicyclic) bond motifs is 1. The molecule has 0 unspecified atom stereocenters. The molecule has 162 valence electrons. The van der Waals surface area contributed by atoms with E-state index in [1.807, 2.05) is 24.3 Å². The number of hydrogen-bond acceptors (Lipinski definition) is 7. The Labute approximate surface area is 187 Å². The third kappa shape index (κ3) is 5.07. The molecule has 3 aromatic rings. The highest BCUT2D eigenvalue weighted by Gasteiger charge is 2.17. The minimum Gasteiger partial charge on any atom is -0.493 e. The van der Waals surface area contributed by atoms with Crippen LogP contribution in [0.4, 0.5) is 0 Å². The Balaban J connectivity index is 1.59. The summed E-state index contributed by atoms with van der Waals surface area (Å²) in [6.45, 7) is -0.254. The molecule has 0 spiro atoms. The summed E-state index contributed by atoms with van der Waals surface area (Å²) in [4.78, 5) is 24.8. The lowest BCUT2D eigenvalue weighted by Gasteiger charge is -2.12. The van der Waals surface area contributed by atoms with Crippen LogP contribution in [0.5, 0.6) is 17.2 Å². The van der Waals surface area contributed by atoms with Crippen LogP contribution in [0.1, 0.15) is 15.2 Å². The van der Waals surface area contributed by atoms with Crippen LogP contribution < -0.4 is 25.0 Å². The predicted octanol–water partition coefficient (Wildman–Crippen LogP) is 3.46. The van der Waals surface area contributed by atoms with Gasteiger partial charge in [0.15, 0.2) is 11.5 Å². The molecule has 0 bridgehead atoms. The molecule has 0 aliphatic heterocycles. The van der Waals surface area contributed by atoms with E-state index in [2.05, 4.69) is 15.8 Å². The van der Waals surface area contributed by atoms with Crippen LogP contribution in [0.15, 0.2) is 41.5 Å². The maximum atomic E-state index is 12.4. The molecule has 2 amide bonds. The van der Waals surface area contributed by atoms with Gasteiger partial charge in [-0.15, -0.1) is 11.3 Å². The highest BCUT2D eigenvalue weighted by atomic mass is 35.5. The van der Waals surface area contributed by atoms with E-state index >= 15 is 0 Å². The van der Waals surface area contributed by atoms with Gasteiger partial charge in [-0.05, 0) is 18.2 Å². The molecule has 8 nitrogen and oxygen atoms in total. The van der Waals surface area contributed by atoms with E-state index in [9.17, 15) is 9.59 Å². The predicted molar refractivity (Wildman–Crippen MR) is 121 cm³/mol. The molecule has 10 heteroatoms. The minimum absolute atomic E-state index is 0.254. The van der Waals surface area contributed by atoms with Crippen molar-refractivity contribution in [2.45, 2.75) is 0 Å². The van der Waals surface area contributed by atoms with Crippen molar-refractivity contribution in [1.82, 2.24) is 10.7 Å². The molecular weight excluding hydrogens is 442 g/mol. The van der Waals surface area contributed by atoms with Gasteiger partial charge in [0, 0.05) is 15.6 Å². The molecule has 0 saturated carbocycles. The second-order valence-corrected chi connectivity index (χ2v) is 7.61. The van der Waals surface area contributed by atoms with Crippen LogP contribution in [0.2, 0.25) is 5.02 Å². The van der Waals surface area contributed by atoms with E-state index < -0.39 is 11.8 Å². The van der Waals surface area contributed by atoms with Crippen molar-refractivity contribution >= 4 is 51.1 Å². The lowest BCUT2D eigenvalue weighted by molar-refractivity contribution is -0.120. The van der Waals surface area contributed by atoms with Crippen molar-refractivity contribution in [2.75, 3.05) is 27.9 Å². The Morgan fingerprint density at radius 2 is 1.77 bits per heavy atom. The average Bonchev–Trinajstić information content (AvgIpc) is 3.13. The first kappa shape index (κ1) is 22.4. The molecule has 31 heavy (non-hydrogen) atoms. The van der Waals surface area contributed by atoms with E-state index in [-0.39, 0.29) is 6.54 Å². The number of rotatable bonds is 8. The summed E-state index contributed by atoms with van der Waals surface area (Å²) in [6.07, 6.45) is 1.42. The fraction of sp³-hybridized carbons (Fsp3) is 0.190. The second kappa shape index (κ2) is 10.1. The van der Waals surface area contributed by atoms with Crippen LogP contribution in [-0.4, -0.2) is 45.9 Å². The number of methoxy groups -OCH3 is 3. The van der Waals surface area contributed by atoms with E-state index in [0.717, 1.165) is 10.1 Å². The molecule has 0 fully saturated rings. The van der Waals surface area contributed by atoms with Gasteiger partial charge in [0.1, 0.15) is 4.88 Å². The summed E-state index contributed by atoms with van der Waals surface area (Å²) in [5, 5.41) is 7.62. The molecule has 0 radical (unpaired) electrons. The fourth-order valence-electron chi connectivity index (χ4n) is 2.80. The minimum atomic E-state index is -0.491. The Bertz CT molecular complexity index is 1120. The van der Waals surface area contributed by atoms with Gasteiger partial charge in [-0.25, -0.2) is 5.43 Å². The zero-order valence-corrected chi connectivity index (χ0v) is 18.6. The number of hydrogen-bond donors (Lipinski definition) is 2. The largest absolute Gasteiger partial charge is 0.493 e. The summed E-state index contributed by atoms with van der Waals surface area (Å²) >= 11 is 7.56. The zero-order chi connectivity index (χ0) is 22.4. The van der Waals surface area contributed by atoms with Gasteiger partial charge < -0.3 is 19.5 Å². The van der Waals surface area contributed by atoms with E-state index in [0.29, 0.717) is 32.7 Å². The zero-order valence-electron chi connectivity index (χ0n) is 17.0. The maximum absolute atomic E-state index is 12.4. The third-order valence-corrected chi connectivity index (χ3v) is 5.91. The number of halogens is 1. The van der Waals surface area contributed by atoms with Gasteiger partial charge in [-0.1, -0.05) is 29.8 Å². The van der Waals surface area contributed by atoms with Gasteiger partial charge in [-0.3, -0.25) is 9.59 Å². The van der Waals surface area contributed by atoms with Crippen LogP contribution >= 0.6 is 22.9 Å². The van der Waals surface area contributed by atoms with Crippen molar-refractivity contribution < 1.29 is 23.8 Å². The number of hydrazone groups is 1. The average molecular weight is 462 g/mol. The highest BCUT2D eigenvalue weighted by molar-refractivity contribution is 7.21. The van der Waals surface area contributed by atoms with Crippen LogP contribution in [0.3, 0.4) is 0 Å². The summed E-state index contributed by atoms with van der Waals surface area (Å²) in [5.41, 5.74) is 2.98. The molecule has 3 rings (SSSR count). The molecule has 1 heterocycles. The number of carbonyl (C=O) groups excluding carboxylic acids is 2. The Morgan fingerprint density at radius 1 is 1.10 bits per heavy atom. The van der Waals surface area contributed by atoms with Gasteiger partial charge in [-0.2, -0.15) is 5.10 Å². The summed E-state index contributed by atoms with van der Waals surface area (Å²) < 4.78 is 16.7. The lowest BCUT2D eigenvalue weighted by Crippen LogP contribution is -2.34. The second-order valence-electron chi connectivity index (χ2n) is 6.18. The van der Waals surface area contributed by atoms with Gasteiger partial charge in [0.2, 0.25) is 5.75 Å². The molecule has 0 aliphatic carbocycles. The lowest BCUT2D eigenvalue weighted by atomic mass is 10.2. The SMILES string of the molecule is COc1cc(/C=N/NC(=O)CNC(=O)c2sc3ccccc3c2Cl)cc(OC)c1OC. The van der Waals surface area contributed by atoms with Crippen LogP contribution in [0, 0.1) is 0 Å². The van der Waals surface area contributed by atoms with Gasteiger partial charge in [0.25, 0.3) is 11.8 Å². The standard InChI is InChI=1S/C21H20ClN3O5S/c1-28-14-8-12(9-15(29-2)19(14)30-3)10-24-25-17(26)11-23-21(27)20-18(22)13-6-4-5-7-16(13)31-20/h4-10H,11H2,1-3H3,(H,23,27)(H,25,26)/b24-10+. The number of nitrogens with one attached hydrogen (secondary N) is 2. The van der Waals surface area contributed by atoms with Crippen LogP contribution in [0.25, 0.3) is 10.1 Å². The Hall–Kier alpha value is -3.30. The van der Waals surface area contributed by atoms with E-state index in [1.165, 1.54) is 38.9 Å². The number of thiophene rings is 1. The molecule has 0 atom stereocenters. The molecule has 0 saturated heterocycles. The number of amides is 2. The fourth-order valence-corrected chi connectivity index (χ4v) is 4.23. The Morgan fingerprint density at radius 3 is 2.39 bits per heavy atom. The van der Waals surface area contributed by atoms with Crippen LogP contribution in [-0.2, 0) is 4.79 Å². The third-order valence-electron chi connectivity index (χ3n) is 4.24. The molecule has 1 aromatic heterocycles. The quantitative estimate of drug-likeness (QED) is 0.395. The Kier molecular flexibility index (Phi) is 7.32. The van der Waals surface area contributed by atoms with E-state index in [4.69, 9.17) is 25.8 Å². The van der Waals surface area contributed by atoms with Crippen molar-refractivity contribution in [1.29, 1.82) is 0 Å². The normalized spacial score (nSPS) is 10.8. The molecule has 0 aliphatic rings. The molecular formula is C21H20ClN3O5S. The van der Waals surface area contributed by atoms with Crippen molar-refractivity contribution in [3.63, 3.8) is 0 Å². The smallest absolute Gasteiger partial charge is 0.263 e. The first-order valence-corrected chi connectivity index (χ1v) is 10.2. The van der Waals surface area contributed by atoms with Crippen molar-refractivity contribution in [2.24, 2.45) is 5.10 Å². The summed E-state index contributed by atoms with van der Waals surface area (Å²) in [5.74, 6) is 0.460. The number of benzene rings is 2. The number of ether oxygens (including phenoxy) is 3. The first-order chi connectivity index (χ1) is 15.0. The summed E-state index contributed by atoms with van der Waals surface area (Å²) in [6, 6.07) is 10.8. The monoisotopic (exact) mass is 461 g/mol. The summed E-state index contributed by atoms with van der Waals surface area (Å²) in [7, 11) is 4.52. The van der Waals surface area contributed by atoms with Gasteiger partial charge in [0.05, 0.1) is 39.1 Å². The molecule has 2 N–H and O–H groups in total. The topological polar surface area (TPSA) is 98.2 Å². The van der Waals surface area contributed by atoms with Crippen molar-refractivity contribution in [3.05, 3.63) is 51.9 Å². The van der Waals surface area contributed by atoms with Gasteiger partial charge >= 0.3 is 0 Å². The number of carbonyl (C=O) groups is 2. The molecule has 2 aromatic carbocycles. The van der Waals surface area contributed by atoms with E-state index in [1.54, 1.807) is 12.1 Å². The van der Waals surface area contributed by atoms with Crippen molar-refractivity contribution in [3.8, 4) is 17.2 Å². The highest BCUT2D eigenvalue weighted by Crippen LogP contribution is 2.38. The first-order valence-electron chi connectivity index (χ1n) is 9.05. The number of nitrogens with zero attached hydrogens (tertiary/aromatic N) is 1. The maximum Gasteiger partial charge on any atom is 0.263 e.